The number of rotatable bonds is 9. The number of carboxylic acid groups (broad SMARTS) is 1. The summed E-state index contributed by atoms with van der Waals surface area (Å²) in [6.45, 7) is 4.31. The molecule has 1 amide bonds. The summed E-state index contributed by atoms with van der Waals surface area (Å²) in [7, 11) is -4.04. The van der Waals surface area contributed by atoms with Crippen molar-refractivity contribution in [3.8, 4) is 0 Å². The summed E-state index contributed by atoms with van der Waals surface area (Å²) in [4.78, 5) is 28.6. The number of furan rings is 1. The number of hydrogen-bond acceptors (Lipinski definition) is 6. The lowest BCUT2D eigenvalue weighted by atomic mass is 10.1. The fourth-order valence-corrected chi connectivity index (χ4v) is 7.21. The number of aryl methyl sites for hydroxylation is 1. The van der Waals surface area contributed by atoms with Crippen molar-refractivity contribution in [2.24, 2.45) is 0 Å². The maximum absolute atomic E-state index is 14.2. The van der Waals surface area contributed by atoms with Crippen molar-refractivity contribution < 1.29 is 27.5 Å². The quantitative estimate of drug-likeness (QED) is 0.220. The molecule has 1 saturated heterocycles. The average Bonchev–Trinajstić information content (AvgIpc) is 3.41. The molecule has 4 aromatic carbocycles. The molecule has 45 heavy (non-hydrogen) atoms. The highest BCUT2D eigenvalue weighted by Gasteiger charge is 2.28. The van der Waals surface area contributed by atoms with Gasteiger partial charge in [0.1, 0.15) is 5.58 Å². The van der Waals surface area contributed by atoms with Gasteiger partial charge < -0.3 is 19.3 Å². The first-order chi connectivity index (χ1) is 21.7. The van der Waals surface area contributed by atoms with Crippen LogP contribution in [0.5, 0.6) is 0 Å². The summed E-state index contributed by atoms with van der Waals surface area (Å²) in [6.07, 6.45) is 0.495. The number of benzene rings is 4. The normalized spacial score (nSPS) is 13.6. The Bertz CT molecular complexity index is 1930. The van der Waals surface area contributed by atoms with Gasteiger partial charge in [-0.25, -0.2) is 13.2 Å². The predicted molar refractivity (Wildman–Crippen MR) is 174 cm³/mol. The Morgan fingerprint density at radius 3 is 2.13 bits per heavy atom. The van der Waals surface area contributed by atoms with Gasteiger partial charge in [0, 0.05) is 54.9 Å². The monoisotopic (exact) mass is 623 g/mol. The van der Waals surface area contributed by atoms with E-state index in [2.05, 4.69) is 4.90 Å². The maximum atomic E-state index is 14.2. The van der Waals surface area contributed by atoms with Crippen molar-refractivity contribution in [1.29, 1.82) is 0 Å². The highest BCUT2D eigenvalue weighted by molar-refractivity contribution is 7.92. The van der Waals surface area contributed by atoms with E-state index >= 15 is 0 Å². The highest BCUT2D eigenvalue weighted by Crippen LogP contribution is 2.32. The summed E-state index contributed by atoms with van der Waals surface area (Å²) in [5.41, 5.74) is 3.83. The fraction of sp³-hybridized carbons (Fsp3) is 0.200. The molecule has 0 saturated carbocycles. The van der Waals surface area contributed by atoms with Crippen molar-refractivity contribution in [3.05, 3.63) is 126 Å². The van der Waals surface area contributed by atoms with Gasteiger partial charge in [0.15, 0.2) is 0 Å². The van der Waals surface area contributed by atoms with Crippen LogP contribution >= 0.6 is 0 Å². The second kappa shape index (κ2) is 12.5. The topological polar surface area (TPSA) is 111 Å². The van der Waals surface area contributed by atoms with Crippen molar-refractivity contribution in [2.45, 2.75) is 18.2 Å². The van der Waals surface area contributed by atoms with Crippen LogP contribution < -0.4 is 9.21 Å². The van der Waals surface area contributed by atoms with Gasteiger partial charge in [-0.15, -0.1) is 0 Å². The number of carboxylic acids is 1. The number of aromatic carboxylic acids is 1. The molecule has 1 aromatic heterocycles. The van der Waals surface area contributed by atoms with E-state index in [1.165, 1.54) is 22.5 Å². The molecule has 0 unspecified atom stereocenters. The van der Waals surface area contributed by atoms with Crippen molar-refractivity contribution in [2.75, 3.05) is 41.9 Å². The lowest BCUT2D eigenvalue weighted by molar-refractivity contribution is 0.0663. The van der Waals surface area contributed by atoms with E-state index in [4.69, 9.17) is 4.42 Å². The maximum Gasteiger partial charge on any atom is 0.372 e. The van der Waals surface area contributed by atoms with E-state index in [-0.39, 0.29) is 23.1 Å². The van der Waals surface area contributed by atoms with Crippen LogP contribution in [0.15, 0.2) is 112 Å². The molecule has 6 rings (SSSR count). The third kappa shape index (κ3) is 6.14. The molecule has 1 N–H and O–H groups in total. The zero-order chi connectivity index (χ0) is 31.6. The molecule has 0 atom stereocenters. The summed E-state index contributed by atoms with van der Waals surface area (Å²) < 4.78 is 35.2. The second-order valence-corrected chi connectivity index (χ2v) is 12.9. The number of anilines is 2. The Balaban J connectivity index is 1.25. The first-order valence-corrected chi connectivity index (χ1v) is 16.2. The molecule has 1 aliphatic rings. The first kappa shape index (κ1) is 30.0. The van der Waals surface area contributed by atoms with E-state index in [9.17, 15) is 23.1 Å². The fourth-order valence-electron chi connectivity index (χ4n) is 5.72. The van der Waals surface area contributed by atoms with Crippen LogP contribution in [0.3, 0.4) is 0 Å². The van der Waals surface area contributed by atoms with Crippen molar-refractivity contribution in [1.82, 2.24) is 4.90 Å². The number of piperazine rings is 1. The SMILES string of the molecule is Cc1c(C(=O)O)oc2ccc(S(=O)(=O)N(CCc3ccccc3)c3ccc(N4CCN(C(=O)c5ccccc5)CC4)cc3)cc12. The van der Waals surface area contributed by atoms with Gasteiger partial charge >= 0.3 is 5.97 Å². The molecule has 0 bridgehead atoms. The molecule has 9 nitrogen and oxygen atoms in total. The van der Waals surface area contributed by atoms with Crippen LogP contribution in [0.25, 0.3) is 11.0 Å². The molecule has 2 heterocycles. The van der Waals surface area contributed by atoms with E-state index in [0.717, 1.165) is 11.3 Å². The minimum absolute atomic E-state index is 0.0212. The number of nitrogens with zero attached hydrogens (tertiary/aromatic N) is 3. The Hall–Kier alpha value is -5.09. The molecular weight excluding hydrogens is 590 g/mol. The predicted octanol–water partition coefficient (Wildman–Crippen LogP) is 5.84. The molecular formula is C35H33N3O6S. The number of carbonyl (C=O) groups is 2. The van der Waals surface area contributed by atoms with Gasteiger partial charge in [-0.3, -0.25) is 9.10 Å². The number of carbonyl (C=O) groups excluding carboxylic acids is 1. The smallest absolute Gasteiger partial charge is 0.372 e. The van der Waals surface area contributed by atoms with Crippen molar-refractivity contribution >= 4 is 44.2 Å². The molecule has 0 radical (unpaired) electrons. The Morgan fingerprint density at radius 1 is 0.844 bits per heavy atom. The molecule has 1 fully saturated rings. The summed E-state index contributed by atoms with van der Waals surface area (Å²) in [5.74, 6) is -1.39. The lowest BCUT2D eigenvalue weighted by Gasteiger charge is -2.36. The zero-order valence-electron chi connectivity index (χ0n) is 24.8. The molecule has 0 spiro atoms. The van der Waals surface area contributed by atoms with E-state index in [0.29, 0.717) is 60.4 Å². The van der Waals surface area contributed by atoms with E-state index < -0.39 is 16.0 Å². The lowest BCUT2D eigenvalue weighted by Crippen LogP contribution is -2.48. The standard InChI is InChI=1S/C35H33N3O6S/c1-25-31-24-30(16-17-32(31)44-33(25)35(40)41)45(42,43)38(19-18-26-8-4-2-5-9-26)29-14-12-28(13-15-29)36-20-22-37(23-21-36)34(39)27-10-6-3-7-11-27/h2-17,24H,18-23H2,1H3,(H,40,41). The molecule has 1 aliphatic heterocycles. The molecule has 230 valence electrons. The second-order valence-electron chi connectivity index (χ2n) is 11.0. The molecule has 10 heteroatoms. The van der Waals surface area contributed by atoms with Crippen molar-refractivity contribution in [3.63, 3.8) is 0 Å². The average molecular weight is 624 g/mol. The van der Waals surface area contributed by atoms with Crippen LogP contribution in [0.2, 0.25) is 0 Å². The third-order valence-corrected chi connectivity index (χ3v) is 10.1. The minimum Gasteiger partial charge on any atom is -0.475 e. The van der Waals surface area contributed by atoms with Gasteiger partial charge in [-0.2, -0.15) is 0 Å². The van der Waals surface area contributed by atoms with Crippen LogP contribution in [0.1, 0.15) is 32.0 Å². The number of amides is 1. The largest absolute Gasteiger partial charge is 0.475 e. The number of hydrogen-bond donors (Lipinski definition) is 1. The number of fused-ring (bicyclic) bond motifs is 1. The minimum atomic E-state index is -4.04. The van der Waals surface area contributed by atoms with E-state index in [1.54, 1.807) is 6.92 Å². The van der Waals surface area contributed by atoms with Crippen LogP contribution in [0, 0.1) is 6.92 Å². The molecule has 5 aromatic rings. The van der Waals surface area contributed by atoms with Gasteiger partial charge in [-0.05, 0) is 73.5 Å². The highest BCUT2D eigenvalue weighted by atomic mass is 32.2. The summed E-state index contributed by atoms with van der Waals surface area (Å²) in [5, 5.41) is 9.91. The first-order valence-electron chi connectivity index (χ1n) is 14.7. The van der Waals surface area contributed by atoms with Crippen LogP contribution in [0.4, 0.5) is 11.4 Å². The van der Waals surface area contributed by atoms with Crippen LogP contribution in [-0.2, 0) is 16.4 Å². The van der Waals surface area contributed by atoms with Crippen LogP contribution in [-0.4, -0.2) is 63.0 Å². The Morgan fingerprint density at radius 2 is 1.49 bits per heavy atom. The van der Waals surface area contributed by atoms with E-state index in [1.807, 2.05) is 89.8 Å². The van der Waals surface area contributed by atoms with Gasteiger partial charge in [0.05, 0.1) is 10.6 Å². The Kier molecular flexibility index (Phi) is 8.32. The van der Waals surface area contributed by atoms with Gasteiger partial charge in [0.25, 0.3) is 15.9 Å². The Labute approximate surface area is 262 Å². The zero-order valence-corrected chi connectivity index (χ0v) is 25.6. The molecule has 0 aliphatic carbocycles. The number of sulfonamides is 1. The van der Waals surface area contributed by atoms with Gasteiger partial charge in [0.2, 0.25) is 5.76 Å². The third-order valence-electron chi connectivity index (χ3n) is 8.23. The summed E-state index contributed by atoms with van der Waals surface area (Å²) in [6, 6.07) is 30.8. The summed E-state index contributed by atoms with van der Waals surface area (Å²) >= 11 is 0. The van der Waals surface area contributed by atoms with Gasteiger partial charge in [-0.1, -0.05) is 48.5 Å².